The lowest BCUT2D eigenvalue weighted by Crippen LogP contribution is -2.40. The van der Waals surface area contributed by atoms with E-state index in [1.165, 1.54) is 12.1 Å². The Morgan fingerprint density at radius 3 is 2.72 bits per heavy atom. The van der Waals surface area contributed by atoms with Gasteiger partial charge < -0.3 is 11.1 Å². The van der Waals surface area contributed by atoms with Gasteiger partial charge in [-0.25, -0.2) is 4.39 Å². The molecule has 0 spiro atoms. The second kappa shape index (κ2) is 7.71. The molecule has 0 heterocycles. The van der Waals surface area contributed by atoms with Crippen LogP contribution in [0.4, 0.5) is 10.1 Å². The number of halogens is 3. The van der Waals surface area contributed by atoms with Gasteiger partial charge >= 0.3 is 0 Å². The third-order valence-electron chi connectivity index (χ3n) is 2.75. The lowest BCUT2D eigenvalue weighted by Gasteiger charge is -2.18. The van der Waals surface area contributed by atoms with Crippen molar-refractivity contribution in [3.63, 3.8) is 0 Å². The fraction of sp³-hybridized carbons (Fsp3) is 0.417. The molecule has 1 rings (SSSR count). The number of amides is 1. The molecule has 0 aliphatic rings. The Hall–Kier alpha value is -0.650. The summed E-state index contributed by atoms with van der Waals surface area (Å²) in [6, 6.07) is 3.74. The van der Waals surface area contributed by atoms with Crippen LogP contribution in [0.3, 0.4) is 0 Å². The predicted octanol–water partition coefficient (Wildman–Crippen LogP) is 3.32. The number of rotatable bonds is 4. The standard InChI is InChI=1S/C12H16BrFN2O.ClH/c1-3-7(2)11(15)12(17)16-10-6-8(13)4-5-9(10)14;/h4-7,11H,3,15H2,1-2H3,(H,16,17);1H. The SMILES string of the molecule is CCC(C)C(N)C(=O)Nc1cc(Br)ccc1F.Cl. The number of carbonyl (C=O) groups excluding carboxylic acids is 1. The summed E-state index contributed by atoms with van der Waals surface area (Å²) in [5.74, 6) is -0.778. The maximum atomic E-state index is 13.4. The Kier molecular flexibility index (Phi) is 7.43. The molecule has 102 valence electrons. The molecule has 0 saturated carbocycles. The van der Waals surface area contributed by atoms with E-state index in [4.69, 9.17) is 5.73 Å². The number of anilines is 1. The molecule has 0 aliphatic carbocycles. The van der Waals surface area contributed by atoms with Crippen LogP contribution >= 0.6 is 28.3 Å². The van der Waals surface area contributed by atoms with Crippen LogP contribution in [0.15, 0.2) is 22.7 Å². The largest absolute Gasteiger partial charge is 0.322 e. The van der Waals surface area contributed by atoms with Crippen molar-refractivity contribution in [2.24, 2.45) is 11.7 Å². The van der Waals surface area contributed by atoms with Gasteiger partial charge in [0.2, 0.25) is 5.91 Å². The van der Waals surface area contributed by atoms with E-state index in [0.29, 0.717) is 4.47 Å². The maximum absolute atomic E-state index is 13.4. The van der Waals surface area contributed by atoms with E-state index >= 15 is 0 Å². The molecule has 6 heteroatoms. The minimum Gasteiger partial charge on any atom is -0.322 e. The van der Waals surface area contributed by atoms with Gasteiger partial charge in [0, 0.05) is 4.47 Å². The molecule has 3 nitrogen and oxygen atoms in total. The zero-order valence-corrected chi connectivity index (χ0v) is 12.6. The molecule has 1 aromatic carbocycles. The molecule has 2 unspecified atom stereocenters. The first-order chi connectivity index (χ1) is 7.95. The molecule has 0 bridgehead atoms. The van der Waals surface area contributed by atoms with Crippen LogP contribution in [-0.4, -0.2) is 11.9 Å². The Bertz CT molecular complexity index is 417. The second-order valence-electron chi connectivity index (χ2n) is 4.02. The van der Waals surface area contributed by atoms with Crippen LogP contribution in [0, 0.1) is 11.7 Å². The Morgan fingerprint density at radius 2 is 2.17 bits per heavy atom. The fourth-order valence-electron chi connectivity index (χ4n) is 1.32. The highest BCUT2D eigenvalue weighted by atomic mass is 79.9. The van der Waals surface area contributed by atoms with Gasteiger partial charge in [-0.1, -0.05) is 36.2 Å². The third-order valence-corrected chi connectivity index (χ3v) is 3.24. The molecule has 18 heavy (non-hydrogen) atoms. The summed E-state index contributed by atoms with van der Waals surface area (Å²) < 4.78 is 14.1. The van der Waals surface area contributed by atoms with Crippen molar-refractivity contribution in [2.75, 3.05) is 5.32 Å². The smallest absolute Gasteiger partial charge is 0.241 e. The molecular formula is C12H17BrClFN2O. The number of hydrogen-bond acceptors (Lipinski definition) is 2. The summed E-state index contributed by atoms with van der Waals surface area (Å²) >= 11 is 3.22. The van der Waals surface area contributed by atoms with Crippen molar-refractivity contribution in [1.82, 2.24) is 0 Å². The maximum Gasteiger partial charge on any atom is 0.241 e. The van der Waals surface area contributed by atoms with Crippen molar-refractivity contribution in [2.45, 2.75) is 26.3 Å². The van der Waals surface area contributed by atoms with Crippen molar-refractivity contribution in [3.05, 3.63) is 28.5 Å². The molecule has 0 radical (unpaired) electrons. The lowest BCUT2D eigenvalue weighted by molar-refractivity contribution is -0.118. The molecule has 3 N–H and O–H groups in total. The average Bonchev–Trinajstić information content (AvgIpc) is 2.31. The van der Waals surface area contributed by atoms with Gasteiger partial charge in [0.25, 0.3) is 0 Å². The molecule has 1 aromatic rings. The summed E-state index contributed by atoms with van der Waals surface area (Å²) in [6.45, 7) is 3.85. The molecule has 0 aromatic heterocycles. The minimum absolute atomic E-state index is 0. The fourth-order valence-corrected chi connectivity index (χ4v) is 1.68. The van der Waals surface area contributed by atoms with E-state index in [2.05, 4.69) is 21.2 Å². The highest BCUT2D eigenvalue weighted by molar-refractivity contribution is 9.10. The molecule has 0 fully saturated rings. The van der Waals surface area contributed by atoms with E-state index in [-0.39, 0.29) is 29.9 Å². The normalized spacial score (nSPS) is 13.4. The first kappa shape index (κ1) is 17.4. The van der Waals surface area contributed by atoms with Gasteiger partial charge in [-0.05, 0) is 24.1 Å². The number of nitrogens with one attached hydrogen (secondary N) is 1. The van der Waals surface area contributed by atoms with Crippen molar-refractivity contribution >= 4 is 39.9 Å². The van der Waals surface area contributed by atoms with Gasteiger partial charge in [0.05, 0.1) is 11.7 Å². The van der Waals surface area contributed by atoms with Gasteiger partial charge in [0.15, 0.2) is 0 Å². The molecule has 2 atom stereocenters. The number of benzene rings is 1. The first-order valence-corrected chi connectivity index (χ1v) is 6.26. The Balaban J connectivity index is 0.00000289. The molecule has 1 amide bonds. The number of nitrogens with two attached hydrogens (primary N) is 1. The van der Waals surface area contributed by atoms with Crippen LogP contribution < -0.4 is 11.1 Å². The van der Waals surface area contributed by atoms with Crippen molar-refractivity contribution < 1.29 is 9.18 Å². The quantitative estimate of drug-likeness (QED) is 0.884. The highest BCUT2D eigenvalue weighted by Crippen LogP contribution is 2.20. The van der Waals surface area contributed by atoms with Gasteiger partial charge in [-0.2, -0.15) is 0 Å². The van der Waals surface area contributed by atoms with E-state index < -0.39 is 11.9 Å². The van der Waals surface area contributed by atoms with Crippen LogP contribution in [0.5, 0.6) is 0 Å². The zero-order valence-electron chi connectivity index (χ0n) is 10.2. The minimum atomic E-state index is -0.626. The van der Waals surface area contributed by atoms with Gasteiger partial charge in [0.1, 0.15) is 5.82 Å². The highest BCUT2D eigenvalue weighted by Gasteiger charge is 2.20. The van der Waals surface area contributed by atoms with Gasteiger partial charge in [-0.15, -0.1) is 12.4 Å². The van der Waals surface area contributed by atoms with E-state index in [9.17, 15) is 9.18 Å². The summed E-state index contributed by atoms with van der Waals surface area (Å²) in [5.41, 5.74) is 5.90. The van der Waals surface area contributed by atoms with Crippen LogP contribution in [0.2, 0.25) is 0 Å². The Morgan fingerprint density at radius 1 is 1.56 bits per heavy atom. The zero-order chi connectivity index (χ0) is 13.0. The lowest BCUT2D eigenvalue weighted by atomic mass is 9.99. The number of hydrogen-bond donors (Lipinski definition) is 2. The van der Waals surface area contributed by atoms with Crippen LogP contribution in [0.25, 0.3) is 0 Å². The Labute approximate surface area is 121 Å². The predicted molar refractivity (Wildman–Crippen MR) is 77.4 cm³/mol. The van der Waals surface area contributed by atoms with E-state index in [1.54, 1.807) is 6.07 Å². The summed E-state index contributed by atoms with van der Waals surface area (Å²) in [6.07, 6.45) is 0.801. The molecular weight excluding hydrogens is 322 g/mol. The third kappa shape index (κ3) is 4.55. The van der Waals surface area contributed by atoms with E-state index in [1.807, 2.05) is 13.8 Å². The average molecular weight is 340 g/mol. The monoisotopic (exact) mass is 338 g/mol. The van der Waals surface area contributed by atoms with Crippen molar-refractivity contribution in [3.8, 4) is 0 Å². The van der Waals surface area contributed by atoms with Crippen LogP contribution in [0.1, 0.15) is 20.3 Å². The molecule has 0 saturated heterocycles. The van der Waals surface area contributed by atoms with E-state index in [0.717, 1.165) is 6.42 Å². The van der Waals surface area contributed by atoms with Crippen LogP contribution in [-0.2, 0) is 4.79 Å². The van der Waals surface area contributed by atoms with Gasteiger partial charge in [-0.3, -0.25) is 4.79 Å². The summed E-state index contributed by atoms with van der Waals surface area (Å²) in [4.78, 5) is 11.8. The number of carbonyl (C=O) groups is 1. The van der Waals surface area contributed by atoms with Crippen molar-refractivity contribution in [1.29, 1.82) is 0 Å². The summed E-state index contributed by atoms with van der Waals surface area (Å²) in [5, 5.41) is 2.50. The molecule has 0 aliphatic heterocycles. The first-order valence-electron chi connectivity index (χ1n) is 5.47. The summed E-state index contributed by atoms with van der Waals surface area (Å²) in [7, 11) is 0. The second-order valence-corrected chi connectivity index (χ2v) is 4.94. The topological polar surface area (TPSA) is 55.1 Å².